The zero-order chi connectivity index (χ0) is 20.3. The molecule has 1 aliphatic carbocycles. The maximum absolute atomic E-state index is 13.1. The second-order valence-corrected chi connectivity index (χ2v) is 7.81. The number of aromatic nitrogens is 2. The zero-order valence-electron chi connectivity index (χ0n) is 14.2. The van der Waals surface area contributed by atoms with E-state index in [1.165, 1.54) is 7.05 Å². The lowest BCUT2D eigenvalue weighted by Crippen LogP contribution is -2.22. The van der Waals surface area contributed by atoms with Crippen molar-refractivity contribution in [2.24, 2.45) is 7.05 Å². The fraction of sp³-hybridized carbons (Fsp3) is 0.375. The van der Waals surface area contributed by atoms with Crippen molar-refractivity contribution in [1.29, 1.82) is 0 Å². The molecule has 0 atom stereocenters. The molecule has 1 saturated carbocycles. The first-order valence-electron chi connectivity index (χ1n) is 7.86. The number of nitrogens with one attached hydrogen (secondary N) is 1. The highest BCUT2D eigenvalue weighted by Gasteiger charge is 2.40. The number of benzene rings is 1. The van der Waals surface area contributed by atoms with E-state index in [4.69, 9.17) is 0 Å². The minimum absolute atomic E-state index is 0.0337. The second-order valence-electron chi connectivity index (χ2n) is 6.46. The van der Waals surface area contributed by atoms with Crippen LogP contribution in [-0.2, 0) is 23.3 Å². The number of nitrogens with zero attached hydrogens (tertiary/aromatic N) is 1. The minimum atomic E-state index is -5.27. The Hall–Kier alpha value is -2.40. The lowest BCUT2D eigenvalue weighted by atomic mass is 9.96. The van der Waals surface area contributed by atoms with Crippen molar-refractivity contribution in [3.63, 3.8) is 0 Å². The van der Waals surface area contributed by atoms with E-state index in [9.17, 15) is 35.7 Å². The van der Waals surface area contributed by atoms with Gasteiger partial charge in [0.1, 0.15) is 10.5 Å². The number of rotatable bonds is 4. The van der Waals surface area contributed by atoms with Crippen molar-refractivity contribution in [2.45, 2.75) is 36.8 Å². The van der Waals surface area contributed by atoms with Crippen LogP contribution in [-0.4, -0.2) is 28.5 Å². The molecular weight excluding hydrogens is 389 g/mol. The fourth-order valence-corrected chi connectivity index (χ4v) is 4.04. The summed E-state index contributed by atoms with van der Waals surface area (Å²) in [4.78, 5) is 23.8. The number of hydrogen-bond donors (Lipinski definition) is 2. The van der Waals surface area contributed by atoms with Gasteiger partial charge in [-0.3, -0.25) is 23.9 Å². The van der Waals surface area contributed by atoms with E-state index in [2.05, 4.69) is 5.10 Å². The highest BCUT2D eigenvalue weighted by Crippen LogP contribution is 2.41. The average Bonchev–Trinajstić information content (AvgIpc) is 3.31. The zero-order valence-corrected chi connectivity index (χ0v) is 15.0. The summed E-state index contributed by atoms with van der Waals surface area (Å²) in [6.45, 7) is 0.986. The van der Waals surface area contributed by atoms with Crippen LogP contribution in [0, 0.1) is 6.92 Å². The molecular formula is C16H15F3N2O5S. The average molecular weight is 404 g/mol. The van der Waals surface area contributed by atoms with Crippen LogP contribution in [0.3, 0.4) is 0 Å². The molecule has 1 aliphatic rings. The van der Waals surface area contributed by atoms with E-state index in [1.807, 2.05) is 0 Å². The van der Waals surface area contributed by atoms with Crippen LogP contribution in [0.2, 0.25) is 0 Å². The first-order valence-corrected chi connectivity index (χ1v) is 9.30. The van der Waals surface area contributed by atoms with Gasteiger partial charge in [-0.2, -0.15) is 21.6 Å². The van der Waals surface area contributed by atoms with Gasteiger partial charge in [0.15, 0.2) is 0 Å². The predicted molar refractivity (Wildman–Crippen MR) is 87.4 cm³/mol. The number of aryl methyl sites for hydroxylation is 1. The normalized spacial score (nSPS) is 15.2. The van der Waals surface area contributed by atoms with Gasteiger partial charge in [-0.25, -0.2) is 0 Å². The number of ketones is 1. The summed E-state index contributed by atoms with van der Waals surface area (Å²) >= 11 is 0. The molecule has 27 heavy (non-hydrogen) atoms. The number of carbonyl (C=O) groups excluding carboxylic acids is 1. The monoisotopic (exact) mass is 404 g/mol. The number of carbonyl (C=O) groups is 1. The molecule has 11 heteroatoms. The second kappa shape index (κ2) is 6.06. The standard InChI is InChI=1S/C16H15F3N2O5S/c1-7-9(5-6-10(16(17,18)19)14(7)27(24,25)26)13(22)11-12(8-3-4-8)20-21(2)15(11)23/h5-6,8,20H,3-4H2,1-2H3,(H,24,25,26). The molecule has 1 heterocycles. The number of alkyl halides is 3. The van der Waals surface area contributed by atoms with Crippen LogP contribution in [0.5, 0.6) is 0 Å². The summed E-state index contributed by atoms with van der Waals surface area (Å²) in [6, 6.07) is 1.23. The summed E-state index contributed by atoms with van der Waals surface area (Å²) in [5, 5.41) is 2.76. The van der Waals surface area contributed by atoms with E-state index in [-0.39, 0.29) is 11.5 Å². The van der Waals surface area contributed by atoms with Gasteiger partial charge < -0.3 is 0 Å². The quantitative estimate of drug-likeness (QED) is 0.601. The minimum Gasteiger partial charge on any atom is -0.299 e. The molecule has 0 spiro atoms. The van der Waals surface area contributed by atoms with E-state index < -0.39 is 49.2 Å². The molecule has 0 aliphatic heterocycles. The molecule has 7 nitrogen and oxygen atoms in total. The Morgan fingerprint density at radius 2 is 1.89 bits per heavy atom. The topological polar surface area (TPSA) is 109 Å². The fourth-order valence-electron chi connectivity index (χ4n) is 3.09. The Bertz CT molecular complexity index is 1110. The number of hydrogen-bond acceptors (Lipinski definition) is 4. The van der Waals surface area contributed by atoms with Gasteiger partial charge in [-0.05, 0) is 31.4 Å². The van der Waals surface area contributed by atoms with Gasteiger partial charge >= 0.3 is 6.18 Å². The Balaban J connectivity index is 2.25. The smallest absolute Gasteiger partial charge is 0.299 e. The van der Waals surface area contributed by atoms with Gasteiger partial charge in [0, 0.05) is 18.5 Å². The first-order chi connectivity index (χ1) is 12.3. The molecule has 1 fully saturated rings. The van der Waals surface area contributed by atoms with Crippen molar-refractivity contribution in [2.75, 3.05) is 0 Å². The van der Waals surface area contributed by atoms with Crippen LogP contribution in [0.15, 0.2) is 21.8 Å². The summed E-state index contributed by atoms with van der Waals surface area (Å²) in [5.74, 6) is -0.927. The number of H-pyrrole nitrogens is 1. The molecule has 2 aromatic rings. The predicted octanol–water partition coefficient (Wildman–Crippen LogP) is 2.40. The third-order valence-corrected chi connectivity index (χ3v) is 5.54. The van der Waals surface area contributed by atoms with Crippen molar-refractivity contribution in [1.82, 2.24) is 9.78 Å². The largest absolute Gasteiger partial charge is 0.417 e. The van der Waals surface area contributed by atoms with Gasteiger partial charge in [-0.1, -0.05) is 6.07 Å². The van der Waals surface area contributed by atoms with E-state index in [0.29, 0.717) is 11.8 Å². The van der Waals surface area contributed by atoms with E-state index in [0.717, 1.165) is 30.5 Å². The molecule has 3 rings (SSSR count). The van der Waals surface area contributed by atoms with Crippen molar-refractivity contribution < 1.29 is 30.9 Å². The highest BCUT2D eigenvalue weighted by molar-refractivity contribution is 7.86. The number of aromatic amines is 1. The van der Waals surface area contributed by atoms with Gasteiger partial charge in [0.05, 0.1) is 11.3 Å². The van der Waals surface area contributed by atoms with Crippen molar-refractivity contribution >= 4 is 15.9 Å². The Labute approximate surface area is 151 Å². The lowest BCUT2D eigenvalue weighted by molar-refractivity contribution is -0.140. The number of halogens is 3. The van der Waals surface area contributed by atoms with Crippen LogP contribution < -0.4 is 5.56 Å². The molecule has 1 aromatic carbocycles. The summed E-state index contributed by atoms with van der Waals surface area (Å²) in [7, 11) is -3.87. The first kappa shape index (κ1) is 19.4. The molecule has 0 unspecified atom stereocenters. The van der Waals surface area contributed by atoms with Crippen LogP contribution in [0.1, 0.15) is 51.5 Å². The summed E-state index contributed by atoms with van der Waals surface area (Å²) in [6.07, 6.45) is -3.55. The van der Waals surface area contributed by atoms with Crippen molar-refractivity contribution in [3.8, 4) is 0 Å². The molecule has 1 aromatic heterocycles. The lowest BCUT2D eigenvalue weighted by Gasteiger charge is -2.15. The van der Waals surface area contributed by atoms with E-state index in [1.54, 1.807) is 0 Å². The van der Waals surface area contributed by atoms with Crippen LogP contribution in [0.4, 0.5) is 13.2 Å². The van der Waals surface area contributed by atoms with Crippen LogP contribution in [0.25, 0.3) is 0 Å². The third kappa shape index (κ3) is 3.32. The molecule has 0 amide bonds. The molecule has 0 bridgehead atoms. The Kier molecular flexibility index (Phi) is 4.35. The summed E-state index contributed by atoms with van der Waals surface area (Å²) < 4.78 is 72.9. The van der Waals surface area contributed by atoms with Gasteiger partial charge in [0.2, 0.25) is 5.78 Å². The maximum Gasteiger partial charge on any atom is 0.417 e. The molecule has 0 saturated heterocycles. The van der Waals surface area contributed by atoms with Crippen LogP contribution >= 0.6 is 0 Å². The SMILES string of the molecule is Cc1c(C(=O)c2c(C3CC3)[nH]n(C)c2=O)ccc(C(F)(F)F)c1S(=O)(=O)O. The molecule has 146 valence electrons. The van der Waals surface area contributed by atoms with Gasteiger partial charge in [-0.15, -0.1) is 0 Å². The van der Waals surface area contributed by atoms with Crippen molar-refractivity contribution in [3.05, 3.63) is 50.4 Å². The van der Waals surface area contributed by atoms with E-state index >= 15 is 0 Å². The maximum atomic E-state index is 13.1. The Morgan fingerprint density at radius 1 is 1.30 bits per heavy atom. The Morgan fingerprint density at radius 3 is 2.37 bits per heavy atom. The molecule has 2 N–H and O–H groups in total. The van der Waals surface area contributed by atoms with Gasteiger partial charge in [0.25, 0.3) is 15.7 Å². The third-order valence-electron chi connectivity index (χ3n) is 4.50. The summed E-state index contributed by atoms with van der Waals surface area (Å²) in [5.41, 5.74) is -3.06. The highest BCUT2D eigenvalue weighted by atomic mass is 32.2. The molecule has 0 radical (unpaired) electrons.